The van der Waals surface area contributed by atoms with Gasteiger partial charge in [0.25, 0.3) is 0 Å². The molecule has 0 unspecified atom stereocenters. The third-order valence-electron chi connectivity index (χ3n) is 1.50. The number of nitrogens with one attached hydrogen (secondary N) is 1. The number of nitrogens with zero attached hydrogens (tertiary/aromatic N) is 3. The van der Waals surface area contributed by atoms with Crippen molar-refractivity contribution in [3.8, 4) is 6.19 Å². The number of H-pyrrole nitrogens is 1. The molecule has 14 heavy (non-hydrogen) atoms. The van der Waals surface area contributed by atoms with Crippen LogP contribution in [0.1, 0.15) is 0 Å². The fourth-order valence-corrected chi connectivity index (χ4v) is 0.888. The minimum absolute atomic E-state index is 0.0594. The second kappa shape index (κ2) is 3.57. The van der Waals surface area contributed by atoms with Crippen molar-refractivity contribution in [2.75, 3.05) is 0 Å². The standard InChI is InChI=1S/C7H6N4O3/c1-2-3-10-5(12)9-6(13)11(4-8)7(10)14/h2H,1,3H2,(H,9,12,13). The van der Waals surface area contributed by atoms with E-state index in [4.69, 9.17) is 5.26 Å². The van der Waals surface area contributed by atoms with Crippen LogP contribution in [-0.4, -0.2) is 14.1 Å². The van der Waals surface area contributed by atoms with E-state index in [9.17, 15) is 14.4 Å². The molecule has 0 amide bonds. The zero-order valence-corrected chi connectivity index (χ0v) is 7.06. The average Bonchev–Trinajstić information content (AvgIpc) is 2.12. The maximum atomic E-state index is 11.3. The van der Waals surface area contributed by atoms with E-state index in [1.807, 2.05) is 4.98 Å². The van der Waals surface area contributed by atoms with Crippen LogP contribution < -0.4 is 17.1 Å². The lowest BCUT2D eigenvalue weighted by Crippen LogP contribution is -2.48. The number of aromatic nitrogens is 3. The van der Waals surface area contributed by atoms with Crippen molar-refractivity contribution in [1.82, 2.24) is 14.1 Å². The van der Waals surface area contributed by atoms with Gasteiger partial charge in [-0.1, -0.05) is 6.08 Å². The number of hydrogen-bond acceptors (Lipinski definition) is 4. The van der Waals surface area contributed by atoms with Crippen LogP contribution >= 0.6 is 0 Å². The van der Waals surface area contributed by atoms with Gasteiger partial charge in [0.1, 0.15) is 0 Å². The second-order valence-electron chi connectivity index (χ2n) is 2.35. The van der Waals surface area contributed by atoms with E-state index >= 15 is 0 Å². The van der Waals surface area contributed by atoms with E-state index in [0.717, 1.165) is 0 Å². The molecule has 1 N–H and O–H groups in total. The first-order valence-electron chi connectivity index (χ1n) is 3.59. The third kappa shape index (κ3) is 1.40. The van der Waals surface area contributed by atoms with Gasteiger partial charge in [0.05, 0.1) is 6.54 Å². The van der Waals surface area contributed by atoms with E-state index in [1.54, 1.807) is 0 Å². The quantitative estimate of drug-likeness (QED) is 0.562. The molecule has 0 radical (unpaired) electrons. The van der Waals surface area contributed by atoms with Crippen molar-refractivity contribution < 1.29 is 0 Å². The van der Waals surface area contributed by atoms with Gasteiger partial charge in [-0.25, -0.2) is 19.0 Å². The summed E-state index contributed by atoms with van der Waals surface area (Å²) in [6.07, 6.45) is 2.66. The van der Waals surface area contributed by atoms with Crippen LogP contribution in [0.15, 0.2) is 27.0 Å². The lowest BCUT2D eigenvalue weighted by atomic mass is 10.6. The fourth-order valence-electron chi connectivity index (χ4n) is 0.888. The van der Waals surface area contributed by atoms with Gasteiger partial charge in [0.15, 0.2) is 6.19 Å². The number of aromatic amines is 1. The molecule has 0 aromatic carbocycles. The lowest BCUT2D eigenvalue weighted by molar-refractivity contribution is 0.629. The van der Waals surface area contributed by atoms with Gasteiger partial charge in [-0.2, -0.15) is 5.26 Å². The Labute approximate surface area is 77.2 Å². The molecule has 7 heteroatoms. The predicted molar refractivity (Wildman–Crippen MR) is 46.8 cm³/mol. The molecular weight excluding hydrogens is 188 g/mol. The lowest BCUT2D eigenvalue weighted by Gasteiger charge is -1.99. The van der Waals surface area contributed by atoms with Crippen molar-refractivity contribution in [3.63, 3.8) is 0 Å². The van der Waals surface area contributed by atoms with Crippen LogP contribution in [0, 0.1) is 11.5 Å². The smallest absolute Gasteiger partial charge is 0.258 e. The molecule has 1 aromatic heterocycles. The van der Waals surface area contributed by atoms with Gasteiger partial charge >= 0.3 is 17.1 Å². The highest BCUT2D eigenvalue weighted by atomic mass is 16.2. The van der Waals surface area contributed by atoms with E-state index in [-0.39, 0.29) is 11.1 Å². The molecule has 1 heterocycles. The molecule has 0 spiro atoms. The monoisotopic (exact) mass is 194 g/mol. The molecule has 72 valence electrons. The number of allylic oxidation sites excluding steroid dienone is 1. The van der Waals surface area contributed by atoms with Gasteiger partial charge in [0, 0.05) is 0 Å². The van der Waals surface area contributed by atoms with Crippen molar-refractivity contribution in [2.24, 2.45) is 0 Å². The molecule has 0 fully saturated rings. The molecule has 0 atom stereocenters. The topological polar surface area (TPSA) is 101 Å². The minimum atomic E-state index is -1.04. The van der Waals surface area contributed by atoms with Crippen LogP contribution in [0.4, 0.5) is 0 Å². The normalized spacial score (nSPS) is 9.36. The Morgan fingerprint density at radius 3 is 2.57 bits per heavy atom. The predicted octanol–water partition coefficient (Wildman–Crippen LogP) is -1.79. The summed E-state index contributed by atoms with van der Waals surface area (Å²) in [5.74, 6) is 0. The molecule has 7 nitrogen and oxygen atoms in total. The Balaban J connectivity index is 3.72. The summed E-state index contributed by atoms with van der Waals surface area (Å²) >= 11 is 0. The second-order valence-corrected chi connectivity index (χ2v) is 2.35. The molecule has 0 aliphatic carbocycles. The van der Waals surface area contributed by atoms with Gasteiger partial charge in [0.2, 0.25) is 0 Å². The Bertz CT molecular complexity index is 568. The summed E-state index contributed by atoms with van der Waals surface area (Å²) in [6.45, 7) is 3.27. The highest BCUT2D eigenvalue weighted by molar-refractivity contribution is 4.86. The van der Waals surface area contributed by atoms with Crippen LogP contribution in [0.25, 0.3) is 0 Å². The van der Waals surface area contributed by atoms with Crippen molar-refractivity contribution in [3.05, 3.63) is 44.1 Å². The van der Waals surface area contributed by atoms with Crippen LogP contribution in [-0.2, 0) is 6.54 Å². The molecule has 1 rings (SSSR count). The third-order valence-corrected chi connectivity index (χ3v) is 1.50. The molecule has 0 aliphatic rings. The first-order chi connectivity index (χ1) is 6.61. The van der Waals surface area contributed by atoms with Crippen LogP contribution in [0.3, 0.4) is 0 Å². The number of nitriles is 1. The zero-order chi connectivity index (χ0) is 10.7. The van der Waals surface area contributed by atoms with E-state index < -0.39 is 17.1 Å². The van der Waals surface area contributed by atoms with E-state index in [2.05, 4.69) is 6.58 Å². The Morgan fingerprint density at radius 2 is 2.07 bits per heavy atom. The largest absolute Gasteiger partial charge is 0.350 e. The summed E-state index contributed by atoms with van der Waals surface area (Å²) < 4.78 is 0.947. The molecule has 0 saturated carbocycles. The zero-order valence-electron chi connectivity index (χ0n) is 7.06. The maximum Gasteiger partial charge on any atom is 0.350 e. The maximum absolute atomic E-state index is 11.3. The molecule has 1 aromatic rings. The molecule has 0 bridgehead atoms. The van der Waals surface area contributed by atoms with E-state index in [0.29, 0.717) is 4.57 Å². The van der Waals surface area contributed by atoms with Gasteiger partial charge < -0.3 is 0 Å². The summed E-state index contributed by atoms with van der Waals surface area (Å²) in [5, 5.41) is 8.43. The summed E-state index contributed by atoms with van der Waals surface area (Å²) in [7, 11) is 0. The fraction of sp³-hybridized carbons (Fsp3) is 0.143. The Hall–Kier alpha value is -2.36. The van der Waals surface area contributed by atoms with Crippen LogP contribution in [0.5, 0.6) is 0 Å². The molecule has 0 saturated heterocycles. The first kappa shape index (κ1) is 9.73. The van der Waals surface area contributed by atoms with Crippen LogP contribution in [0.2, 0.25) is 0 Å². The Morgan fingerprint density at radius 1 is 1.43 bits per heavy atom. The minimum Gasteiger partial charge on any atom is -0.258 e. The summed E-state index contributed by atoms with van der Waals surface area (Å²) in [5.41, 5.74) is -2.87. The Kier molecular flexibility index (Phi) is 2.48. The van der Waals surface area contributed by atoms with Gasteiger partial charge in [-0.15, -0.1) is 11.1 Å². The van der Waals surface area contributed by atoms with Crippen molar-refractivity contribution in [1.29, 1.82) is 5.26 Å². The average molecular weight is 194 g/mol. The molecular formula is C7H6N4O3. The summed E-state index contributed by atoms with van der Waals surface area (Å²) in [6, 6.07) is 0. The highest BCUT2D eigenvalue weighted by Gasteiger charge is 2.06. The van der Waals surface area contributed by atoms with Gasteiger partial charge in [-0.3, -0.25) is 4.98 Å². The first-order valence-corrected chi connectivity index (χ1v) is 3.59. The van der Waals surface area contributed by atoms with Crippen molar-refractivity contribution in [2.45, 2.75) is 6.54 Å². The number of hydrogen-bond donors (Lipinski definition) is 1. The summed E-state index contributed by atoms with van der Waals surface area (Å²) in [4.78, 5) is 35.0. The van der Waals surface area contributed by atoms with Gasteiger partial charge in [-0.05, 0) is 0 Å². The number of rotatable bonds is 2. The highest BCUT2D eigenvalue weighted by Crippen LogP contribution is 1.69. The van der Waals surface area contributed by atoms with Crippen molar-refractivity contribution >= 4 is 0 Å². The molecule has 0 aliphatic heterocycles. The van der Waals surface area contributed by atoms with E-state index in [1.165, 1.54) is 12.3 Å². The SMILES string of the molecule is C=CCn1c(=O)[nH]c(=O)n(C#N)c1=O.